The van der Waals surface area contributed by atoms with Gasteiger partial charge in [0, 0.05) is 21.0 Å². The molecule has 37 heavy (non-hydrogen) atoms. The van der Waals surface area contributed by atoms with Gasteiger partial charge in [-0.25, -0.2) is 10.2 Å². The molecule has 2 N–H and O–H groups in total. The lowest BCUT2D eigenvalue weighted by Gasteiger charge is -2.07. The van der Waals surface area contributed by atoms with E-state index in [9.17, 15) is 14.9 Å². The van der Waals surface area contributed by atoms with Crippen LogP contribution in [-0.4, -0.2) is 23.1 Å². The van der Waals surface area contributed by atoms with E-state index in [4.69, 9.17) is 9.15 Å². The number of nitrogens with one attached hydrogen (secondary N) is 2. The second-order valence-corrected chi connectivity index (χ2v) is 8.74. The fourth-order valence-electron chi connectivity index (χ4n) is 3.86. The topological polar surface area (TPSA) is 120 Å². The van der Waals surface area contributed by atoms with E-state index in [1.165, 1.54) is 18.5 Å². The third-order valence-electron chi connectivity index (χ3n) is 5.51. The van der Waals surface area contributed by atoms with Crippen LogP contribution in [0.3, 0.4) is 0 Å². The van der Waals surface area contributed by atoms with Crippen LogP contribution in [0, 0.1) is 11.3 Å². The van der Waals surface area contributed by atoms with Crippen LogP contribution in [0.2, 0.25) is 0 Å². The number of esters is 1. The Morgan fingerprint density at radius 1 is 1.05 bits per heavy atom. The predicted molar refractivity (Wildman–Crippen MR) is 141 cm³/mol. The summed E-state index contributed by atoms with van der Waals surface area (Å²) < 4.78 is 11.2. The minimum atomic E-state index is -0.662. The number of nitrogens with zero attached hydrogens (tertiary/aromatic N) is 2. The highest BCUT2D eigenvalue weighted by Gasteiger charge is 2.20. The Labute approximate surface area is 219 Å². The number of benzene rings is 3. The van der Waals surface area contributed by atoms with Crippen molar-refractivity contribution < 1.29 is 18.7 Å². The molecule has 8 nitrogen and oxygen atoms in total. The number of carbonyl (C=O) groups is 2. The number of hydrogen-bond donors (Lipinski definition) is 2. The standard InChI is InChI=1S/C28H17BrN4O4/c29-20-11-12-22(37-28(35)23-10-5-13-36-23)19(14-20)16-31-33-27(34)26-24(17-6-2-1-3-7-17)21-9-4-8-18(15-30)25(21)32-26/h1-14,16,32H,(H,33,34). The fraction of sp³-hybridized carbons (Fsp3) is 0. The van der Waals surface area contributed by atoms with Gasteiger partial charge >= 0.3 is 5.97 Å². The number of rotatable bonds is 6. The molecule has 0 saturated carbocycles. The lowest BCUT2D eigenvalue weighted by atomic mass is 10.0. The molecule has 0 spiro atoms. The summed E-state index contributed by atoms with van der Waals surface area (Å²) >= 11 is 3.39. The SMILES string of the molecule is N#Cc1cccc2c(-c3ccccc3)c(C(=O)NN=Cc3cc(Br)ccc3OC(=O)c3ccco3)[nH]c12. The van der Waals surface area contributed by atoms with Gasteiger partial charge in [0.25, 0.3) is 5.91 Å². The van der Waals surface area contributed by atoms with Crippen molar-refractivity contribution in [2.75, 3.05) is 0 Å². The number of nitriles is 1. The Kier molecular flexibility index (Phi) is 6.66. The molecule has 3 aromatic carbocycles. The van der Waals surface area contributed by atoms with Gasteiger partial charge in [-0.3, -0.25) is 4.79 Å². The van der Waals surface area contributed by atoms with Gasteiger partial charge in [0.2, 0.25) is 5.76 Å². The summed E-state index contributed by atoms with van der Waals surface area (Å²) in [5.74, 6) is -0.871. The number of furan rings is 1. The van der Waals surface area contributed by atoms with Crippen LogP contribution in [0.15, 0.2) is 99.1 Å². The van der Waals surface area contributed by atoms with Crippen LogP contribution in [0.25, 0.3) is 22.0 Å². The Hall–Kier alpha value is -4.94. The van der Waals surface area contributed by atoms with Gasteiger partial charge < -0.3 is 14.1 Å². The van der Waals surface area contributed by atoms with Crippen LogP contribution >= 0.6 is 15.9 Å². The Bertz CT molecular complexity index is 1680. The summed E-state index contributed by atoms with van der Waals surface area (Å²) in [5, 5.41) is 14.4. The van der Waals surface area contributed by atoms with E-state index < -0.39 is 11.9 Å². The van der Waals surface area contributed by atoms with Gasteiger partial charge in [-0.05, 0) is 42.0 Å². The molecule has 0 aliphatic carbocycles. The molecule has 9 heteroatoms. The van der Waals surface area contributed by atoms with Crippen LogP contribution in [0.1, 0.15) is 32.2 Å². The number of hydrazone groups is 1. The number of ether oxygens (including phenoxy) is 1. The zero-order valence-electron chi connectivity index (χ0n) is 19.1. The van der Waals surface area contributed by atoms with E-state index in [0.717, 1.165) is 15.4 Å². The summed E-state index contributed by atoms with van der Waals surface area (Å²) in [4.78, 5) is 28.7. The molecule has 2 aromatic heterocycles. The van der Waals surface area contributed by atoms with Gasteiger partial charge in [0.15, 0.2) is 0 Å². The molecular weight excluding hydrogens is 536 g/mol. The average Bonchev–Trinajstić information content (AvgIpc) is 3.59. The van der Waals surface area contributed by atoms with Crippen molar-refractivity contribution in [2.24, 2.45) is 5.10 Å². The van der Waals surface area contributed by atoms with E-state index in [1.807, 2.05) is 36.4 Å². The van der Waals surface area contributed by atoms with E-state index >= 15 is 0 Å². The molecule has 5 rings (SSSR count). The third-order valence-corrected chi connectivity index (χ3v) is 6.00. The molecule has 0 saturated heterocycles. The number of aromatic nitrogens is 1. The lowest BCUT2D eigenvalue weighted by Crippen LogP contribution is -2.19. The maximum absolute atomic E-state index is 13.2. The first-order chi connectivity index (χ1) is 18.0. The maximum atomic E-state index is 13.2. The van der Waals surface area contributed by atoms with Crippen molar-refractivity contribution in [3.63, 3.8) is 0 Å². The van der Waals surface area contributed by atoms with Crippen LogP contribution in [0.4, 0.5) is 0 Å². The van der Waals surface area contributed by atoms with Gasteiger partial charge in [-0.15, -0.1) is 0 Å². The summed E-state index contributed by atoms with van der Waals surface area (Å²) in [6.45, 7) is 0. The predicted octanol–water partition coefficient (Wildman–Crippen LogP) is 6.05. The number of para-hydroxylation sites is 1. The Balaban J connectivity index is 1.45. The quantitative estimate of drug-likeness (QED) is 0.115. The van der Waals surface area contributed by atoms with Crippen molar-refractivity contribution in [3.05, 3.63) is 112 Å². The molecule has 0 bridgehead atoms. The molecule has 2 heterocycles. The van der Waals surface area contributed by atoms with Gasteiger partial charge in [-0.2, -0.15) is 10.4 Å². The maximum Gasteiger partial charge on any atom is 0.379 e. The number of carbonyl (C=O) groups excluding carboxylic acids is 2. The fourth-order valence-corrected chi connectivity index (χ4v) is 4.24. The zero-order chi connectivity index (χ0) is 25.8. The highest BCUT2D eigenvalue weighted by atomic mass is 79.9. The van der Waals surface area contributed by atoms with Crippen LogP contribution in [0.5, 0.6) is 5.75 Å². The number of hydrogen-bond acceptors (Lipinski definition) is 6. The van der Waals surface area contributed by atoms with Crippen molar-refractivity contribution in [3.8, 4) is 22.9 Å². The van der Waals surface area contributed by atoms with Crippen molar-refractivity contribution in [2.45, 2.75) is 0 Å². The van der Waals surface area contributed by atoms with Crippen molar-refractivity contribution >= 4 is 44.9 Å². The van der Waals surface area contributed by atoms with E-state index in [0.29, 0.717) is 22.2 Å². The largest absolute Gasteiger partial charge is 0.457 e. The smallest absolute Gasteiger partial charge is 0.379 e. The molecule has 0 aliphatic heterocycles. The molecule has 0 fully saturated rings. The van der Waals surface area contributed by atoms with E-state index in [2.05, 4.69) is 37.5 Å². The Morgan fingerprint density at radius 2 is 1.89 bits per heavy atom. The second-order valence-electron chi connectivity index (χ2n) is 7.83. The highest BCUT2D eigenvalue weighted by molar-refractivity contribution is 9.10. The van der Waals surface area contributed by atoms with E-state index in [-0.39, 0.29) is 17.2 Å². The second kappa shape index (κ2) is 10.4. The molecule has 180 valence electrons. The molecule has 1 amide bonds. The summed E-state index contributed by atoms with van der Waals surface area (Å²) in [7, 11) is 0. The number of fused-ring (bicyclic) bond motifs is 1. The lowest BCUT2D eigenvalue weighted by molar-refractivity contribution is 0.0700. The first kappa shape index (κ1) is 23.8. The normalized spacial score (nSPS) is 10.9. The molecule has 5 aromatic rings. The summed E-state index contributed by atoms with van der Waals surface area (Å²) in [6.07, 6.45) is 2.75. The molecule has 0 radical (unpaired) electrons. The average molecular weight is 553 g/mol. The van der Waals surface area contributed by atoms with Crippen LogP contribution in [-0.2, 0) is 0 Å². The molecule has 0 aliphatic rings. The summed E-state index contributed by atoms with van der Waals surface area (Å²) in [5.41, 5.74) is 5.71. The van der Waals surface area contributed by atoms with Crippen molar-refractivity contribution in [1.29, 1.82) is 5.26 Å². The molecule has 0 atom stereocenters. The van der Waals surface area contributed by atoms with Crippen LogP contribution < -0.4 is 10.2 Å². The van der Waals surface area contributed by atoms with Crippen molar-refractivity contribution in [1.82, 2.24) is 10.4 Å². The molecular formula is C28H17BrN4O4. The highest BCUT2D eigenvalue weighted by Crippen LogP contribution is 2.34. The first-order valence-electron chi connectivity index (χ1n) is 11.0. The number of H-pyrrole nitrogens is 1. The minimum absolute atomic E-state index is 0.0584. The Morgan fingerprint density at radius 3 is 2.65 bits per heavy atom. The molecule has 0 unspecified atom stereocenters. The monoisotopic (exact) mass is 552 g/mol. The third kappa shape index (κ3) is 4.91. The minimum Gasteiger partial charge on any atom is -0.457 e. The van der Waals surface area contributed by atoms with Gasteiger partial charge in [0.1, 0.15) is 17.5 Å². The van der Waals surface area contributed by atoms with Gasteiger partial charge in [0.05, 0.1) is 23.6 Å². The number of aromatic amines is 1. The number of halogens is 1. The zero-order valence-corrected chi connectivity index (χ0v) is 20.7. The first-order valence-corrected chi connectivity index (χ1v) is 11.8. The van der Waals surface area contributed by atoms with Gasteiger partial charge in [-0.1, -0.05) is 58.4 Å². The summed E-state index contributed by atoms with van der Waals surface area (Å²) in [6, 6.07) is 25.0. The number of amides is 1. The van der Waals surface area contributed by atoms with E-state index in [1.54, 1.807) is 36.4 Å².